The molecule has 1 heterocycles. The van der Waals surface area contributed by atoms with Gasteiger partial charge in [-0.2, -0.15) is 0 Å². The highest BCUT2D eigenvalue weighted by molar-refractivity contribution is 6.19. The third-order valence-electron chi connectivity index (χ3n) is 4.82. The van der Waals surface area contributed by atoms with Gasteiger partial charge in [-0.1, -0.05) is 24.3 Å². The molecule has 0 atom stereocenters. The van der Waals surface area contributed by atoms with Gasteiger partial charge in [-0.15, -0.1) is 0 Å². The molecule has 3 aromatic rings. The van der Waals surface area contributed by atoms with E-state index in [1.807, 2.05) is 17.0 Å². The minimum Gasteiger partial charge on any atom is -0.493 e. The standard InChI is InChI=1S/C20H19NO3/c1-12(22)21-10-9-13-5-4-6-15-18(13)16(21)11-14-7-8-17(23-2)20(24-3)19(14)15/h4-8,11H,9-10H2,1-3H3. The van der Waals surface area contributed by atoms with Crippen molar-refractivity contribution in [2.45, 2.75) is 13.3 Å². The van der Waals surface area contributed by atoms with Gasteiger partial charge < -0.3 is 14.4 Å². The van der Waals surface area contributed by atoms with E-state index in [0.717, 1.165) is 45.9 Å². The highest BCUT2D eigenvalue weighted by atomic mass is 16.5. The third kappa shape index (κ3) is 1.96. The lowest BCUT2D eigenvalue weighted by atomic mass is 9.91. The second-order valence-corrected chi connectivity index (χ2v) is 6.06. The van der Waals surface area contributed by atoms with Gasteiger partial charge in [0, 0.05) is 24.2 Å². The predicted octanol–water partition coefficient (Wildman–Crippen LogP) is 3.92. The number of anilines is 1. The van der Waals surface area contributed by atoms with Gasteiger partial charge in [-0.25, -0.2) is 0 Å². The number of fused-ring (bicyclic) bond motifs is 2. The molecule has 0 unspecified atom stereocenters. The van der Waals surface area contributed by atoms with Crippen LogP contribution in [-0.4, -0.2) is 26.7 Å². The van der Waals surface area contributed by atoms with Crippen molar-refractivity contribution in [2.75, 3.05) is 25.7 Å². The van der Waals surface area contributed by atoms with Gasteiger partial charge in [0.05, 0.1) is 19.9 Å². The van der Waals surface area contributed by atoms with Gasteiger partial charge in [-0.3, -0.25) is 4.79 Å². The number of rotatable bonds is 2. The monoisotopic (exact) mass is 321 g/mol. The molecule has 4 rings (SSSR count). The molecule has 3 aromatic carbocycles. The van der Waals surface area contributed by atoms with Crippen LogP contribution in [0.25, 0.3) is 21.5 Å². The number of methoxy groups -OCH3 is 2. The smallest absolute Gasteiger partial charge is 0.223 e. The highest BCUT2D eigenvalue weighted by Crippen LogP contribution is 2.45. The van der Waals surface area contributed by atoms with Crippen LogP contribution >= 0.6 is 0 Å². The molecule has 0 spiro atoms. The molecule has 24 heavy (non-hydrogen) atoms. The molecule has 122 valence electrons. The van der Waals surface area contributed by atoms with Crippen LogP contribution < -0.4 is 14.4 Å². The summed E-state index contributed by atoms with van der Waals surface area (Å²) in [4.78, 5) is 14.0. The predicted molar refractivity (Wildman–Crippen MR) is 96.3 cm³/mol. The Morgan fingerprint density at radius 2 is 1.92 bits per heavy atom. The second-order valence-electron chi connectivity index (χ2n) is 6.06. The van der Waals surface area contributed by atoms with Gasteiger partial charge >= 0.3 is 0 Å². The average Bonchev–Trinajstić information content (AvgIpc) is 2.60. The molecule has 4 nitrogen and oxygen atoms in total. The molecule has 1 aliphatic heterocycles. The fourth-order valence-electron chi connectivity index (χ4n) is 3.77. The molecule has 1 amide bonds. The number of amides is 1. The lowest BCUT2D eigenvalue weighted by Gasteiger charge is -2.29. The number of hydrogen-bond donors (Lipinski definition) is 0. The fourth-order valence-corrected chi connectivity index (χ4v) is 3.77. The lowest BCUT2D eigenvalue weighted by Crippen LogP contribution is -2.33. The molecule has 1 aliphatic rings. The Kier molecular flexibility index (Phi) is 3.34. The Morgan fingerprint density at radius 3 is 2.62 bits per heavy atom. The van der Waals surface area contributed by atoms with E-state index < -0.39 is 0 Å². The number of ether oxygens (including phenoxy) is 2. The van der Waals surface area contributed by atoms with Crippen LogP contribution in [0.15, 0.2) is 36.4 Å². The van der Waals surface area contributed by atoms with Crippen molar-refractivity contribution in [2.24, 2.45) is 0 Å². The molecule has 4 heteroatoms. The first-order valence-electron chi connectivity index (χ1n) is 8.03. The van der Waals surface area contributed by atoms with Crippen molar-refractivity contribution in [3.63, 3.8) is 0 Å². The van der Waals surface area contributed by atoms with Crippen LogP contribution in [0.4, 0.5) is 5.69 Å². The molecule has 0 fully saturated rings. The van der Waals surface area contributed by atoms with Crippen LogP contribution in [0.2, 0.25) is 0 Å². The zero-order valence-electron chi connectivity index (χ0n) is 14.1. The van der Waals surface area contributed by atoms with E-state index >= 15 is 0 Å². The molecule has 0 aromatic heterocycles. The topological polar surface area (TPSA) is 38.8 Å². The van der Waals surface area contributed by atoms with Gasteiger partial charge in [-0.05, 0) is 34.9 Å². The molecule has 0 saturated heterocycles. The Balaban J connectivity index is 2.20. The fraction of sp³-hybridized carbons (Fsp3) is 0.250. The van der Waals surface area contributed by atoms with E-state index in [1.54, 1.807) is 21.1 Å². The van der Waals surface area contributed by atoms with E-state index in [9.17, 15) is 4.79 Å². The van der Waals surface area contributed by atoms with E-state index in [4.69, 9.17) is 9.47 Å². The van der Waals surface area contributed by atoms with Gasteiger partial charge in [0.25, 0.3) is 0 Å². The van der Waals surface area contributed by atoms with Crippen molar-refractivity contribution in [1.82, 2.24) is 0 Å². The van der Waals surface area contributed by atoms with Crippen LogP contribution in [0, 0.1) is 0 Å². The Hall–Kier alpha value is -2.75. The van der Waals surface area contributed by atoms with E-state index in [-0.39, 0.29) is 5.91 Å². The van der Waals surface area contributed by atoms with Crippen LogP contribution in [0.3, 0.4) is 0 Å². The zero-order chi connectivity index (χ0) is 16.8. The largest absolute Gasteiger partial charge is 0.493 e. The molecule has 0 aliphatic carbocycles. The molecule has 0 radical (unpaired) electrons. The molecule has 0 saturated carbocycles. The summed E-state index contributed by atoms with van der Waals surface area (Å²) >= 11 is 0. The van der Waals surface area contributed by atoms with E-state index in [2.05, 4.69) is 24.3 Å². The molecule has 0 bridgehead atoms. The van der Waals surface area contributed by atoms with Crippen molar-refractivity contribution < 1.29 is 14.3 Å². The van der Waals surface area contributed by atoms with Crippen LogP contribution in [-0.2, 0) is 11.2 Å². The number of nitrogens with zero attached hydrogens (tertiary/aromatic N) is 1. The SMILES string of the molecule is COc1ccc2cc3c4c(cccc4c2c1OC)CCN3C(C)=O. The minimum absolute atomic E-state index is 0.0747. The summed E-state index contributed by atoms with van der Waals surface area (Å²) in [7, 11) is 3.31. The maximum atomic E-state index is 12.1. The maximum Gasteiger partial charge on any atom is 0.223 e. The summed E-state index contributed by atoms with van der Waals surface area (Å²) in [5, 5.41) is 4.31. The van der Waals surface area contributed by atoms with Crippen molar-refractivity contribution in [1.29, 1.82) is 0 Å². The number of benzene rings is 3. The summed E-state index contributed by atoms with van der Waals surface area (Å²) < 4.78 is 11.1. The normalized spacial score (nSPS) is 13.4. The van der Waals surface area contributed by atoms with Gasteiger partial charge in [0.2, 0.25) is 5.91 Å². The second kappa shape index (κ2) is 5.41. The first kappa shape index (κ1) is 14.8. The minimum atomic E-state index is 0.0747. The quantitative estimate of drug-likeness (QED) is 0.672. The Bertz CT molecular complexity index is 978. The van der Waals surface area contributed by atoms with Gasteiger partial charge in [0.1, 0.15) is 0 Å². The van der Waals surface area contributed by atoms with Gasteiger partial charge in [0.15, 0.2) is 11.5 Å². The molecular weight excluding hydrogens is 302 g/mol. The van der Waals surface area contributed by atoms with Crippen LogP contribution in [0.5, 0.6) is 11.5 Å². The Morgan fingerprint density at radius 1 is 1.08 bits per heavy atom. The first-order valence-corrected chi connectivity index (χ1v) is 8.03. The number of hydrogen-bond acceptors (Lipinski definition) is 3. The summed E-state index contributed by atoms with van der Waals surface area (Å²) in [6.07, 6.45) is 0.863. The van der Waals surface area contributed by atoms with Crippen molar-refractivity contribution >= 4 is 33.1 Å². The van der Waals surface area contributed by atoms with Crippen LogP contribution in [0.1, 0.15) is 12.5 Å². The summed E-state index contributed by atoms with van der Waals surface area (Å²) in [6, 6.07) is 12.3. The number of carbonyl (C=O) groups excluding carboxylic acids is 1. The first-order chi connectivity index (χ1) is 11.7. The van der Waals surface area contributed by atoms with Crippen molar-refractivity contribution in [3.05, 3.63) is 42.0 Å². The highest BCUT2D eigenvalue weighted by Gasteiger charge is 2.24. The summed E-state index contributed by atoms with van der Waals surface area (Å²) in [6.45, 7) is 2.35. The van der Waals surface area contributed by atoms with E-state index in [1.165, 1.54) is 5.56 Å². The molecule has 0 N–H and O–H groups in total. The summed E-state index contributed by atoms with van der Waals surface area (Å²) in [5.74, 6) is 1.52. The summed E-state index contributed by atoms with van der Waals surface area (Å²) in [5.41, 5.74) is 2.26. The lowest BCUT2D eigenvalue weighted by molar-refractivity contribution is -0.116. The van der Waals surface area contributed by atoms with Crippen molar-refractivity contribution in [3.8, 4) is 11.5 Å². The maximum absolute atomic E-state index is 12.1. The molecular formula is C20H19NO3. The number of carbonyl (C=O) groups is 1. The average molecular weight is 321 g/mol. The zero-order valence-corrected chi connectivity index (χ0v) is 14.1. The third-order valence-corrected chi connectivity index (χ3v) is 4.82. The van der Waals surface area contributed by atoms with E-state index in [0.29, 0.717) is 5.75 Å². The Labute approximate surface area is 140 Å².